The number of carbonyl (C=O) groups is 1. The van der Waals surface area contributed by atoms with Crippen molar-refractivity contribution >= 4 is 11.7 Å². The Balaban J connectivity index is 0.00000225. The first-order valence-corrected chi connectivity index (χ1v) is 5.07. The minimum atomic E-state index is -0.160. The molecule has 0 aromatic heterocycles. The summed E-state index contributed by atoms with van der Waals surface area (Å²) < 4.78 is 5.10. The van der Waals surface area contributed by atoms with Crippen LogP contribution in [0.15, 0.2) is 24.3 Å². The summed E-state index contributed by atoms with van der Waals surface area (Å²) in [5, 5.41) is 3.03. The summed E-state index contributed by atoms with van der Waals surface area (Å²) in [6.07, 6.45) is 0. The van der Waals surface area contributed by atoms with E-state index in [1.165, 1.54) is 0 Å². The minimum absolute atomic E-state index is 0. The molecule has 1 rings (SSSR count). The normalized spacial score (nSPS) is 10.1. The topological polar surface area (TPSA) is 38.3 Å². The number of carbonyl (C=O) groups excluding carboxylic acids is 1. The van der Waals surface area contributed by atoms with Gasteiger partial charge in [0.1, 0.15) is 6.61 Å². The van der Waals surface area contributed by atoms with Crippen molar-refractivity contribution < 1.29 is 11.0 Å². The van der Waals surface area contributed by atoms with E-state index in [1.807, 2.05) is 45.2 Å². The van der Waals surface area contributed by atoms with Crippen LogP contribution in [0.25, 0.3) is 0 Å². The molecule has 0 aliphatic rings. The molecule has 0 fully saturated rings. The molecule has 0 amide bonds. The van der Waals surface area contributed by atoms with Crippen LogP contribution in [0.1, 0.15) is 20.8 Å². The maximum absolute atomic E-state index is 11.2. The maximum Gasteiger partial charge on any atom is 0.308 e. The smallest absolute Gasteiger partial charge is 0.308 e. The van der Waals surface area contributed by atoms with Crippen molar-refractivity contribution in [3.8, 4) is 0 Å². The van der Waals surface area contributed by atoms with E-state index < -0.39 is 0 Å². The Kier molecular flexibility index (Phi) is 4.16. The summed E-state index contributed by atoms with van der Waals surface area (Å²) in [5.41, 5.74) is 2.05. The van der Waals surface area contributed by atoms with E-state index in [4.69, 9.17) is 4.74 Å². The molecule has 0 spiro atoms. The van der Waals surface area contributed by atoms with Gasteiger partial charge in [-0.05, 0) is 17.7 Å². The lowest BCUT2D eigenvalue weighted by Crippen LogP contribution is -2.11. The average molecular weight is 209 g/mol. The fourth-order valence-electron chi connectivity index (χ4n) is 1.09. The second-order valence-corrected chi connectivity index (χ2v) is 3.71. The summed E-state index contributed by atoms with van der Waals surface area (Å²) in [4.78, 5) is 11.2. The molecule has 1 aromatic carbocycles. The highest BCUT2D eigenvalue weighted by Gasteiger charge is 2.07. The second-order valence-electron chi connectivity index (χ2n) is 3.71. The van der Waals surface area contributed by atoms with Gasteiger partial charge < -0.3 is 10.1 Å². The Morgan fingerprint density at radius 1 is 1.40 bits per heavy atom. The summed E-state index contributed by atoms with van der Waals surface area (Å²) in [6.45, 7) is 4.00. The molecule has 1 N–H and O–H groups in total. The van der Waals surface area contributed by atoms with Crippen LogP contribution in [-0.2, 0) is 16.1 Å². The first-order valence-electron chi connectivity index (χ1n) is 5.07. The zero-order chi connectivity index (χ0) is 11.3. The summed E-state index contributed by atoms with van der Waals surface area (Å²) in [7, 11) is 1.87. The Morgan fingerprint density at radius 2 is 2.00 bits per heavy atom. The van der Waals surface area contributed by atoms with Gasteiger partial charge in [0.05, 0.1) is 5.92 Å². The van der Waals surface area contributed by atoms with Gasteiger partial charge in [0.25, 0.3) is 0 Å². The molecular weight excluding hydrogens is 190 g/mol. The third kappa shape index (κ3) is 3.62. The van der Waals surface area contributed by atoms with Gasteiger partial charge in [0.15, 0.2) is 0 Å². The van der Waals surface area contributed by atoms with Gasteiger partial charge in [-0.15, -0.1) is 0 Å². The van der Waals surface area contributed by atoms with Crippen LogP contribution < -0.4 is 5.32 Å². The molecule has 0 saturated carbocycles. The van der Waals surface area contributed by atoms with Crippen LogP contribution >= 0.6 is 0 Å². The molecule has 0 aliphatic heterocycles. The van der Waals surface area contributed by atoms with E-state index in [2.05, 4.69) is 5.32 Å². The zero-order valence-corrected chi connectivity index (χ0v) is 9.41. The van der Waals surface area contributed by atoms with Crippen LogP contribution in [0.4, 0.5) is 5.69 Å². The number of ether oxygens (including phenoxy) is 1. The third-order valence-electron chi connectivity index (χ3n) is 2.10. The number of esters is 1. The molecule has 1 aromatic rings. The number of benzene rings is 1. The molecule has 3 heteroatoms. The highest BCUT2D eigenvalue weighted by atomic mass is 16.5. The van der Waals surface area contributed by atoms with Crippen molar-refractivity contribution in [3.63, 3.8) is 0 Å². The molecule has 0 unspecified atom stereocenters. The first-order chi connectivity index (χ1) is 7.13. The molecule has 0 atom stereocenters. The van der Waals surface area contributed by atoms with Crippen LogP contribution in [0, 0.1) is 5.92 Å². The second kappa shape index (κ2) is 5.39. The van der Waals surface area contributed by atoms with E-state index >= 15 is 0 Å². The number of hydrogen-bond acceptors (Lipinski definition) is 3. The quantitative estimate of drug-likeness (QED) is 0.775. The predicted molar refractivity (Wildman–Crippen MR) is 62.7 cm³/mol. The largest absolute Gasteiger partial charge is 0.461 e. The van der Waals surface area contributed by atoms with E-state index in [0.29, 0.717) is 6.61 Å². The van der Waals surface area contributed by atoms with Gasteiger partial charge in [0.2, 0.25) is 0 Å². The standard InChI is InChI=1S/C12H17NO2.H2/c1-9(2)12(14)15-8-10-4-6-11(13-3)7-5-10;/h4-7,9,13H,8H2,1-3H3;1H. The van der Waals surface area contributed by atoms with E-state index in [-0.39, 0.29) is 13.3 Å². The van der Waals surface area contributed by atoms with Crippen LogP contribution in [0.3, 0.4) is 0 Å². The number of hydrogen-bond donors (Lipinski definition) is 1. The van der Waals surface area contributed by atoms with Gasteiger partial charge >= 0.3 is 5.97 Å². The van der Waals surface area contributed by atoms with Crippen molar-refractivity contribution in [2.45, 2.75) is 20.5 Å². The summed E-state index contributed by atoms with van der Waals surface area (Å²) in [6, 6.07) is 7.80. The van der Waals surface area contributed by atoms with Crippen molar-refractivity contribution in [2.24, 2.45) is 5.92 Å². The average Bonchev–Trinajstić information content (AvgIpc) is 2.26. The third-order valence-corrected chi connectivity index (χ3v) is 2.10. The number of nitrogens with one attached hydrogen (secondary N) is 1. The molecular formula is C12H19NO2. The summed E-state index contributed by atoms with van der Waals surface area (Å²) in [5.74, 6) is -0.228. The Morgan fingerprint density at radius 3 is 2.47 bits per heavy atom. The minimum Gasteiger partial charge on any atom is -0.461 e. The molecule has 0 saturated heterocycles. The lowest BCUT2D eigenvalue weighted by atomic mass is 10.2. The molecule has 0 aliphatic carbocycles. The van der Waals surface area contributed by atoms with E-state index in [0.717, 1.165) is 11.3 Å². The molecule has 15 heavy (non-hydrogen) atoms. The van der Waals surface area contributed by atoms with Crippen LogP contribution in [0.5, 0.6) is 0 Å². The molecule has 84 valence electrons. The molecule has 3 nitrogen and oxygen atoms in total. The van der Waals surface area contributed by atoms with Crippen molar-refractivity contribution in [3.05, 3.63) is 29.8 Å². The van der Waals surface area contributed by atoms with Crippen LogP contribution in [-0.4, -0.2) is 13.0 Å². The van der Waals surface area contributed by atoms with E-state index in [1.54, 1.807) is 0 Å². The Hall–Kier alpha value is -1.51. The fourth-order valence-corrected chi connectivity index (χ4v) is 1.09. The van der Waals surface area contributed by atoms with Crippen molar-refractivity contribution in [2.75, 3.05) is 12.4 Å². The van der Waals surface area contributed by atoms with E-state index in [9.17, 15) is 4.79 Å². The van der Waals surface area contributed by atoms with Gasteiger partial charge in [-0.1, -0.05) is 26.0 Å². The molecule has 0 radical (unpaired) electrons. The van der Waals surface area contributed by atoms with Gasteiger partial charge in [-0.25, -0.2) is 0 Å². The zero-order valence-electron chi connectivity index (χ0n) is 9.41. The fraction of sp³-hybridized carbons (Fsp3) is 0.417. The van der Waals surface area contributed by atoms with Gasteiger partial charge in [-0.2, -0.15) is 0 Å². The first kappa shape index (κ1) is 11.6. The van der Waals surface area contributed by atoms with Gasteiger partial charge in [0, 0.05) is 14.2 Å². The van der Waals surface area contributed by atoms with Crippen LogP contribution in [0.2, 0.25) is 0 Å². The van der Waals surface area contributed by atoms with Crippen molar-refractivity contribution in [1.82, 2.24) is 0 Å². The lowest BCUT2D eigenvalue weighted by molar-refractivity contribution is -0.148. The SMILES string of the molecule is CNc1ccc(COC(=O)C(C)C)cc1.[HH]. The number of rotatable bonds is 4. The lowest BCUT2D eigenvalue weighted by Gasteiger charge is -2.07. The summed E-state index contributed by atoms with van der Waals surface area (Å²) >= 11 is 0. The monoisotopic (exact) mass is 209 g/mol. The van der Waals surface area contributed by atoms with Gasteiger partial charge in [-0.3, -0.25) is 4.79 Å². The number of anilines is 1. The molecule has 0 heterocycles. The van der Waals surface area contributed by atoms with Crippen molar-refractivity contribution in [1.29, 1.82) is 0 Å². The highest BCUT2D eigenvalue weighted by Crippen LogP contribution is 2.10. The Labute approximate surface area is 91.9 Å². The highest BCUT2D eigenvalue weighted by molar-refractivity contribution is 5.71. The predicted octanol–water partition coefficient (Wildman–Crippen LogP) is 2.67. The maximum atomic E-state index is 11.2. The molecule has 0 bridgehead atoms. The Bertz CT molecular complexity index is 322.